The number of imide groups is 1. The van der Waals surface area contributed by atoms with E-state index in [1.807, 2.05) is 19.1 Å². The van der Waals surface area contributed by atoms with Crippen LogP contribution < -0.4 is 4.74 Å². The van der Waals surface area contributed by atoms with Gasteiger partial charge in [-0.15, -0.1) is 0 Å². The average Bonchev–Trinajstić information content (AvgIpc) is 3.47. The molecule has 0 unspecified atom stereocenters. The molecule has 2 fully saturated rings. The van der Waals surface area contributed by atoms with Crippen molar-refractivity contribution in [3.05, 3.63) is 81.4 Å². The van der Waals surface area contributed by atoms with Crippen LogP contribution in [0.25, 0.3) is 0 Å². The summed E-state index contributed by atoms with van der Waals surface area (Å²) in [5, 5.41) is 16.5. The van der Waals surface area contributed by atoms with E-state index in [2.05, 4.69) is 5.10 Å². The third kappa shape index (κ3) is 3.42. The molecule has 3 aliphatic rings. The normalized spacial score (nSPS) is 25.2. The summed E-state index contributed by atoms with van der Waals surface area (Å²) in [6, 6.07) is 10.6. The zero-order valence-electron chi connectivity index (χ0n) is 17.6. The van der Waals surface area contributed by atoms with Crippen LogP contribution in [-0.4, -0.2) is 33.9 Å². The van der Waals surface area contributed by atoms with Crippen LogP contribution in [0.1, 0.15) is 27.9 Å². The zero-order chi connectivity index (χ0) is 23.3. The maximum atomic E-state index is 12.8. The molecular weight excluding hydrogens is 426 g/mol. The van der Waals surface area contributed by atoms with Gasteiger partial charge in [-0.3, -0.25) is 19.7 Å². The second kappa shape index (κ2) is 7.77. The molecule has 1 aliphatic heterocycles. The molecule has 2 bridgehead atoms. The third-order valence-corrected chi connectivity index (χ3v) is 6.46. The van der Waals surface area contributed by atoms with E-state index in [1.165, 1.54) is 18.2 Å². The lowest BCUT2D eigenvalue weighted by atomic mass is 9.85. The van der Waals surface area contributed by atoms with Crippen LogP contribution in [0.3, 0.4) is 0 Å². The molecule has 2 aliphatic carbocycles. The Labute approximate surface area is 188 Å². The highest BCUT2D eigenvalue weighted by molar-refractivity contribution is 6.07. The van der Waals surface area contributed by atoms with Crippen molar-refractivity contribution < 1.29 is 24.0 Å². The molecule has 4 atom stereocenters. The number of nitro benzene ring substituents is 1. The number of allylic oxidation sites excluding steroid dienone is 2. The van der Waals surface area contributed by atoms with E-state index in [-0.39, 0.29) is 40.5 Å². The molecule has 0 N–H and O–H groups in total. The van der Waals surface area contributed by atoms with E-state index in [0.717, 1.165) is 23.2 Å². The number of carbonyl (C=O) groups is 3. The van der Waals surface area contributed by atoms with Crippen LogP contribution >= 0.6 is 0 Å². The predicted molar refractivity (Wildman–Crippen MR) is 116 cm³/mol. The van der Waals surface area contributed by atoms with E-state index in [9.17, 15) is 24.5 Å². The van der Waals surface area contributed by atoms with Crippen LogP contribution in [0.4, 0.5) is 5.69 Å². The van der Waals surface area contributed by atoms with Crippen molar-refractivity contribution in [1.29, 1.82) is 0 Å². The number of carbonyl (C=O) groups excluding carboxylic acids is 3. The number of nitro groups is 1. The maximum absolute atomic E-state index is 12.8. The number of amides is 2. The predicted octanol–water partition coefficient (Wildman–Crippen LogP) is 3.26. The largest absolute Gasteiger partial charge is 0.415 e. The molecule has 9 heteroatoms. The van der Waals surface area contributed by atoms with Gasteiger partial charge in [0.25, 0.3) is 11.8 Å². The van der Waals surface area contributed by atoms with E-state index in [0.29, 0.717) is 0 Å². The minimum Gasteiger partial charge on any atom is -0.415 e. The van der Waals surface area contributed by atoms with E-state index >= 15 is 0 Å². The van der Waals surface area contributed by atoms with Crippen LogP contribution in [0, 0.1) is 40.7 Å². The van der Waals surface area contributed by atoms with Crippen molar-refractivity contribution in [1.82, 2.24) is 5.01 Å². The molecule has 2 aromatic carbocycles. The summed E-state index contributed by atoms with van der Waals surface area (Å²) in [4.78, 5) is 49.1. The lowest BCUT2D eigenvalue weighted by Crippen LogP contribution is -2.28. The molecule has 1 saturated heterocycles. The van der Waals surface area contributed by atoms with Gasteiger partial charge in [-0.2, -0.15) is 10.1 Å². The minimum atomic E-state index is -0.774. The van der Waals surface area contributed by atoms with Gasteiger partial charge >= 0.3 is 11.7 Å². The van der Waals surface area contributed by atoms with Gasteiger partial charge < -0.3 is 4.74 Å². The fraction of sp³-hybridized carbons (Fsp3) is 0.250. The first-order valence-electron chi connectivity index (χ1n) is 10.5. The van der Waals surface area contributed by atoms with E-state index in [1.54, 1.807) is 24.3 Å². The number of benzene rings is 2. The van der Waals surface area contributed by atoms with Gasteiger partial charge in [0.1, 0.15) is 0 Å². The zero-order valence-corrected chi connectivity index (χ0v) is 17.6. The molecule has 2 amide bonds. The first-order valence-corrected chi connectivity index (χ1v) is 10.5. The standard InChI is InChI=1S/C24H19N3O6/c1-13-5-7-14(8-6-13)24(30)33-21-17(3-2-4-18(21)27(31)32)12-25-26-22(28)19-15-9-10-16(11-15)20(19)23(26)29/h2-10,12,15-16,19-20H,11H2,1H3/t15-,16-,19-,20+/m0/s1. The molecular formula is C24H19N3O6. The molecule has 1 saturated carbocycles. The highest BCUT2D eigenvalue weighted by Crippen LogP contribution is 2.52. The molecule has 0 aromatic heterocycles. The van der Waals surface area contributed by atoms with Crippen molar-refractivity contribution >= 4 is 29.7 Å². The molecule has 166 valence electrons. The minimum absolute atomic E-state index is 0.0421. The Balaban J connectivity index is 1.44. The number of rotatable bonds is 5. The van der Waals surface area contributed by atoms with Gasteiger partial charge in [0.2, 0.25) is 5.75 Å². The molecule has 0 spiro atoms. The Hall–Kier alpha value is -4.14. The van der Waals surface area contributed by atoms with Crippen LogP contribution in [0.2, 0.25) is 0 Å². The Morgan fingerprint density at radius 1 is 1.09 bits per heavy atom. The Morgan fingerprint density at radius 3 is 2.33 bits per heavy atom. The van der Waals surface area contributed by atoms with E-state index < -0.39 is 28.4 Å². The van der Waals surface area contributed by atoms with Crippen molar-refractivity contribution in [3.8, 4) is 5.75 Å². The van der Waals surface area contributed by atoms with Crippen molar-refractivity contribution in [2.75, 3.05) is 0 Å². The van der Waals surface area contributed by atoms with Gasteiger partial charge in [0, 0.05) is 11.6 Å². The molecule has 9 nitrogen and oxygen atoms in total. The number of fused-ring (bicyclic) bond motifs is 5. The maximum Gasteiger partial charge on any atom is 0.343 e. The first-order chi connectivity index (χ1) is 15.8. The lowest BCUT2D eigenvalue weighted by molar-refractivity contribution is -0.385. The smallest absolute Gasteiger partial charge is 0.343 e. The number of hydrogen-bond donors (Lipinski definition) is 0. The van der Waals surface area contributed by atoms with Crippen molar-refractivity contribution in [2.45, 2.75) is 13.3 Å². The van der Waals surface area contributed by atoms with Crippen LogP contribution in [0.5, 0.6) is 5.75 Å². The molecule has 0 radical (unpaired) electrons. The fourth-order valence-corrected chi connectivity index (χ4v) is 4.86. The summed E-state index contributed by atoms with van der Waals surface area (Å²) in [6.07, 6.45) is 5.91. The third-order valence-electron chi connectivity index (χ3n) is 6.46. The monoisotopic (exact) mass is 445 g/mol. The molecule has 1 heterocycles. The Bertz CT molecular complexity index is 1220. The number of nitrogens with zero attached hydrogens (tertiary/aromatic N) is 3. The van der Waals surface area contributed by atoms with E-state index in [4.69, 9.17) is 4.74 Å². The molecule has 33 heavy (non-hydrogen) atoms. The summed E-state index contributed by atoms with van der Waals surface area (Å²) < 4.78 is 5.38. The summed E-state index contributed by atoms with van der Waals surface area (Å²) >= 11 is 0. The fourth-order valence-electron chi connectivity index (χ4n) is 4.86. The average molecular weight is 445 g/mol. The van der Waals surface area contributed by atoms with Gasteiger partial charge in [-0.05, 0) is 43.4 Å². The Kier molecular flexibility index (Phi) is 4.88. The first kappa shape index (κ1) is 20.7. The quantitative estimate of drug-likeness (QED) is 0.133. The van der Waals surface area contributed by atoms with Crippen molar-refractivity contribution in [3.63, 3.8) is 0 Å². The van der Waals surface area contributed by atoms with Crippen molar-refractivity contribution in [2.24, 2.45) is 28.8 Å². The second-order valence-corrected chi connectivity index (χ2v) is 8.44. The summed E-state index contributed by atoms with van der Waals surface area (Å²) in [6.45, 7) is 1.86. The van der Waals surface area contributed by atoms with Gasteiger partial charge in [-0.1, -0.05) is 35.9 Å². The second-order valence-electron chi connectivity index (χ2n) is 8.44. The Morgan fingerprint density at radius 2 is 1.73 bits per heavy atom. The topological polar surface area (TPSA) is 119 Å². The van der Waals surface area contributed by atoms with Gasteiger partial charge in [-0.25, -0.2) is 4.79 Å². The number of esters is 1. The van der Waals surface area contributed by atoms with Crippen LogP contribution in [-0.2, 0) is 9.59 Å². The number of ether oxygens (including phenoxy) is 1. The number of para-hydroxylation sites is 1. The lowest BCUT2D eigenvalue weighted by Gasteiger charge is -2.13. The SMILES string of the molecule is Cc1ccc(C(=O)Oc2c(C=NN3C(=O)[C@@H]4[C@H](C3=O)[C@H]3C=C[C@H]4C3)cccc2[N+](=O)[O-])cc1. The van der Waals surface area contributed by atoms with Gasteiger partial charge in [0.05, 0.1) is 28.5 Å². The number of hydrogen-bond acceptors (Lipinski definition) is 7. The number of aryl methyl sites for hydroxylation is 1. The highest BCUT2D eigenvalue weighted by atomic mass is 16.6. The molecule has 2 aromatic rings. The highest BCUT2D eigenvalue weighted by Gasteiger charge is 2.59. The molecule has 5 rings (SSSR count). The summed E-state index contributed by atoms with van der Waals surface area (Å²) in [5.41, 5.74) is 0.835. The summed E-state index contributed by atoms with van der Waals surface area (Å²) in [7, 11) is 0. The van der Waals surface area contributed by atoms with Crippen LogP contribution in [0.15, 0.2) is 59.7 Å². The number of hydrazone groups is 1. The summed E-state index contributed by atoms with van der Waals surface area (Å²) in [5.74, 6) is -2.56. The van der Waals surface area contributed by atoms with Gasteiger partial charge in [0.15, 0.2) is 0 Å².